The molecule has 0 spiro atoms. The van der Waals surface area contributed by atoms with Crippen LogP contribution in [0.4, 0.5) is 26.7 Å². The van der Waals surface area contributed by atoms with Crippen LogP contribution in [0.2, 0.25) is 30.1 Å². The lowest BCUT2D eigenvalue weighted by Gasteiger charge is -2.37. The van der Waals surface area contributed by atoms with Crippen LogP contribution in [-0.2, 0) is 0 Å². The Morgan fingerprint density at radius 3 is 1.19 bits per heavy atom. The first-order chi connectivity index (χ1) is 39.2. The van der Waals surface area contributed by atoms with E-state index in [1.165, 1.54) is 81.7 Å². The van der Waals surface area contributed by atoms with E-state index in [2.05, 4.69) is 57.1 Å². The lowest BCUT2D eigenvalue weighted by atomic mass is 9.84. The van der Waals surface area contributed by atoms with Gasteiger partial charge in [0.25, 0.3) is 0 Å². The van der Waals surface area contributed by atoms with Crippen LogP contribution in [0, 0.1) is 17.8 Å². The molecule has 4 N–H and O–H groups in total. The molecule has 81 heavy (non-hydrogen) atoms. The van der Waals surface area contributed by atoms with Crippen molar-refractivity contribution >= 4 is 98.7 Å². The molecule has 20 heteroatoms. The summed E-state index contributed by atoms with van der Waals surface area (Å²) in [5, 5.41) is 10.1. The van der Waals surface area contributed by atoms with E-state index < -0.39 is 0 Å². The van der Waals surface area contributed by atoms with Gasteiger partial charge in [-0.25, -0.2) is 14.6 Å². The first-order valence-corrected chi connectivity index (χ1v) is 32.2. The fraction of sp³-hybridized carbons (Fsp3) is 0.623. The van der Waals surface area contributed by atoms with Gasteiger partial charge in [-0.1, -0.05) is 87.8 Å². The molecule has 446 valence electrons. The Bertz CT molecular complexity index is 2530. The number of hydrogen-bond donors (Lipinski definition) is 3. The van der Waals surface area contributed by atoms with Gasteiger partial charge in [-0.2, -0.15) is 0 Å². The Labute approximate surface area is 513 Å². The Kier molecular flexibility index (Phi) is 25.3. The van der Waals surface area contributed by atoms with Crippen molar-refractivity contribution in [3.63, 3.8) is 0 Å². The number of imidazole rings is 1. The minimum atomic E-state index is -0.0753. The predicted octanol–water partition coefficient (Wildman–Crippen LogP) is 12.9. The number of urea groups is 1. The molecule has 3 saturated heterocycles. The van der Waals surface area contributed by atoms with E-state index in [1.54, 1.807) is 37.7 Å². The van der Waals surface area contributed by atoms with Crippen LogP contribution >= 0.6 is 69.6 Å². The predicted molar refractivity (Wildman–Crippen MR) is 339 cm³/mol. The number of nitrogens with two attached hydrogens (primary N) is 1. The molecule has 6 aliphatic rings. The summed E-state index contributed by atoms with van der Waals surface area (Å²) in [4.78, 5) is 44.2. The maximum Gasteiger partial charge on any atom is 0.327 e. The third-order valence-electron chi connectivity index (χ3n) is 17.9. The molecule has 0 atom stereocenters. The summed E-state index contributed by atoms with van der Waals surface area (Å²) in [6.07, 6.45) is 22.9. The first-order valence-electron chi connectivity index (χ1n) is 29.9. The van der Waals surface area contributed by atoms with Crippen molar-refractivity contribution in [2.45, 2.75) is 114 Å². The molecular formula is C61H88Cl6N12O2. The summed E-state index contributed by atoms with van der Waals surface area (Å²) < 4.78 is 1.50. The van der Waals surface area contributed by atoms with Gasteiger partial charge in [0.15, 0.2) is 0 Å². The first kappa shape index (κ1) is 63.6. The molecule has 3 aromatic carbocycles. The number of halogens is 6. The smallest absolute Gasteiger partial charge is 0.327 e. The molecule has 3 amide bonds. The standard InChI is InChI=1S/C22H29Cl2N5O.C21H32Cl2N4O.C18H27Cl2N3/c23-19-2-1-3-20(21(19)24)28-14-12-27(13-15-28)10-8-17-4-6-18(7-5-17)26-22(30)29-11-9-25-16-29;1-25(2)21(28)24-17-8-6-16(7-9-17)10-11-26-12-14-27(15-13-26)19-5-3-4-18(22)20(19)23;19-16-2-1-3-17(18(16)20)23-12-10-22(11-13-23)9-8-14-4-6-15(21)7-5-14/h1-3,9,11,16-18H,4-8,10,12-15H2,(H,26,30);3-5,16-17H,6-15H2,1-2H3,(H,24,28);1-3,14-15H,4-13,21H2. The van der Waals surface area contributed by atoms with Gasteiger partial charge in [-0.05, 0) is 170 Å². The molecule has 4 aromatic rings. The molecule has 3 aliphatic heterocycles. The van der Waals surface area contributed by atoms with Gasteiger partial charge in [-0.15, -0.1) is 0 Å². The van der Waals surface area contributed by atoms with Crippen molar-refractivity contribution in [1.82, 2.24) is 39.8 Å². The Balaban J connectivity index is 0.000000161. The molecule has 3 aliphatic carbocycles. The SMILES string of the molecule is CN(C)C(=O)NC1CCC(CCN2CCN(c3cccc(Cl)c3Cl)CC2)CC1.NC1CCC(CCN2CCN(c3cccc(Cl)c3Cl)CC2)CC1.O=C(NC1CCC(CCN2CCN(c3cccc(Cl)c3Cl)CC2)CC1)n1ccnc1. The summed E-state index contributed by atoms with van der Waals surface area (Å²) in [5.74, 6) is 2.43. The molecule has 0 unspecified atom stereocenters. The number of nitrogens with zero attached hydrogens (tertiary/aromatic N) is 9. The molecule has 6 fully saturated rings. The van der Waals surface area contributed by atoms with Gasteiger partial charge in [0.2, 0.25) is 0 Å². The minimum absolute atomic E-state index is 0.0288. The molecule has 4 heterocycles. The third-order valence-corrected chi connectivity index (χ3v) is 20.3. The number of nitrogens with one attached hydrogen (secondary N) is 2. The highest BCUT2D eigenvalue weighted by Gasteiger charge is 2.28. The van der Waals surface area contributed by atoms with Crippen LogP contribution in [-0.4, -0.2) is 172 Å². The lowest BCUT2D eigenvalue weighted by Crippen LogP contribution is -2.47. The zero-order valence-corrected chi connectivity index (χ0v) is 52.3. The van der Waals surface area contributed by atoms with E-state index in [0.29, 0.717) is 42.2 Å². The normalized spacial score (nSPS) is 24.1. The van der Waals surface area contributed by atoms with Gasteiger partial charge < -0.3 is 36.0 Å². The van der Waals surface area contributed by atoms with Gasteiger partial charge in [0.05, 0.1) is 47.2 Å². The van der Waals surface area contributed by atoms with E-state index in [1.807, 2.05) is 42.5 Å². The van der Waals surface area contributed by atoms with E-state index in [-0.39, 0.29) is 18.1 Å². The number of anilines is 3. The third kappa shape index (κ3) is 19.3. The van der Waals surface area contributed by atoms with Crippen molar-refractivity contribution in [3.8, 4) is 0 Å². The van der Waals surface area contributed by atoms with Crippen molar-refractivity contribution in [2.24, 2.45) is 23.5 Å². The molecule has 3 saturated carbocycles. The van der Waals surface area contributed by atoms with Gasteiger partial charge in [0.1, 0.15) is 6.33 Å². The van der Waals surface area contributed by atoms with Crippen LogP contribution in [0.1, 0.15) is 96.3 Å². The van der Waals surface area contributed by atoms with Gasteiger partial charge in [0, 0.05) is 123 Å². The number of piperazine rings is 3. The second kappa shape index (κ2) is 32.2. The number of rotatable bonds is 14. The average molecular weight is 1230 g/mol. The van der Waals surface area contributed by atoms with Crippen LogP contribution < -0.4 is 31.1 Å². The molecule has 1 aromatic heterocycles. The van der Waals surface area contributed by atoms with Crippen LogP contribution in [0.25, 0.3) is 0 Å². The monoisotopic (exact) mass is 1230 g/mol. The fourth-order valence-electron chi connectivity index (χ4n) is 12.5. The lowest BCUT2D eigenvalue weighted by molar-refractivity contribution is 0.194. The number of benzene rings is 3. The second-order valence-corrected chi connectivity index (χ2v) is 25.9. The highest BCUT2D eigenvalue weighted by atomic mass is 35.5. The maximum absolute atomic E-state index is 12.1. The zero-order valence-electron chi connectivity index (χ0n) is 47.8. The number of aromatic nitrogens is 2. The number of carbonyl (C=O) groups excluding carboxylic acids is 2. The summed E-state index contributed by atoms with van der Waals surface area (Å²) in [6, 6.07) is 18.6. The van der Waals surface area contributed by atoms with E-state index in [4.69, 9.17) is 75.3 Å². The second-order valence-electron chi connectivity index (χ2n) is 23.6. The van der Waals surface area contributed by atoms with Crippen molar-refractivity contribution in [3.05, 3.63) is 103 Å². The van der Waals surface area contributed by atoms with Crippen LogP contribution in [0.15, 0.2) is 73.3 Å². The summed E-state index contributed by atoms with van der Waals surface area (Å²) in [7, 11) is 3.59. The molecule has 0 radical (unpaired) electrons. The Hall–Kier alpha value is -3.41. The van der Waals surface area contributed by atoms with Crippen molar-refractivity contribution < 1.29 is 9.59 Å². The number of carbonyl (C=O) groups is 2. The fourth-order valence-corrected chi connectivity index (χ4v) is 13.8. The van der Waals surface area contributed by atoms with Gasteiger partial charge >= 0.3 is 12.1 Å². The molecule has 14 nitrogen and oxygen atoms in total. The summed E-state index contributed by atoms with van der Waals surface area (Å²) >= 11 is 37.5. The highest BCUT2D eigenvalue weighted by molar-refractivity contribution is 6.44. The van der Waals surface area contributed by atoms with Crippen molar-refractivity contribution in [1.29, 1.82) is 0 Å². The van der Waals surface area contributed by atoms with Crippen LogP contribution in [0.5, 0.6) is 0 Å². The summed E-state index contributed by atoms with van der Waals surface area (Å²) in [6.45, 7) is 16.0. The Morgan fingerprint density at radius 1 is 0.506 bits per heavy atom. The Morgan fingerprint density at radius 2 is 0.852 bits per heavy atom. The van der Waals surface area contributed by atoms with Crippen LogP contribution in [0.3, 0.4) is 0 Å². The van der Waals surface area contributed by atoms with E-state index >= 15 is 0 Å². The topological polar surface area (TPSA) is 125 Å². The molecular weight excluding hydrogens is 1150 g/mol. The molecule has 0 bridgehead atoms. The quantitative estimate of drug-likeness (QED) is 0.112. The van der Waals surface area contributed by atoms with Gasteiger partial charge in [-0.3, -0.25) is 19.3 Å². The maximum atomic E-state index is 12.1. The largest absolute Gasteiger partial charge is 0.368 e. The van der Waals surface area contributed by atoms with E-state index in [0.717, 1.165) is 152 Å². The summed E-state index contributed by atoms with van der Waals surface area (Å²) in [5.41, 5.74) is 9.15. The number of hydrogen-bond acceptors (Lipinski definition) is 10. The zero-order chi connectivity index (χ0) is 57.3. The number of amides is 3. The highest BCUT2D eigenvalue weighted by Crippen LogP contribution is 2.37. The molecule has 10 rings (SSSR count). The minimum Gasteiger partial charge on any atom is -0.368 e. The average Bonchev–Trinajstić information content (AvgIpc) is 4.07. The van der Waals surface area contributed by atoms with Crippen molar-refractivity contribution in [2.75, 3.05) is 127 Å². The van der Waals surface area contributed by atoms with E-state index in [9.17, 15) is 9.59 Å².